The van der Waals surface area contributed by atoms with E-state index in [4.69, 9.17) is 16.3 Å². The van der Waals surface area contributed by atoms with Crippen LogP contribution in [0.25, 0.3) is 0 Å². The van der Waals surface area contributed by atoms with Crippen LogP contribution in [0.1, 0.15) is 24.2 Å². The lowest BCUT2D eigenvalue weighted by atomic mass is 10.0. The third-order valence-electron chi connectivity index (χ3n) is 4.87. The van der Waals surface area contributed by atoms with Crippen LogP contribution < -0.4 is 15.5 Å². The Morgan fingerprint density at radius 2 is 1.69 bits per heavy atom. The number of amides is 2. The van der Waals surface area contributed by atoms with Gasteiger partial charge in [0.2, 0.25) is 5.91 Å². The maximum absolute atomic E-state index is 12.8. The van der Waals surface area contributed by atoms with Crippen molar-refractivity contribution in [3.8, 4) is 0 Å². The maximum atomic E-state index is 12.8. The number of nitrogens with zero attached hydrogens (tertiary/aromatic N) is 1. The van der Waals surface area contributed by atoms with Crippen molar-refractivity contribution in [3.05, 3.63) is 59.1 Å². The minimum absolute atomic E-state index is 0.0888. The van der Waals surface area contributed by atoms with Crippen molar-refractivity contribution in [3.63, 3.8) is 0 Å². The van der Waals surface area contributed by atoms with Crippen molar-refractivity contribution < 1.29 is 14.3 Å². The van der Waals surface area contributed by atoms with Crippen molar-refractivity contribution >= 4 is 34.8 Å². The quantitative estimate of drug-likeness (QED) is 0.756. The molecular formula is C22H26ClN3O3. The van der Waals surface area contributed by atoms with Gasteiger partial charge in [0.15, 0.2) is 0 Å². The van der Waals surface area contributed by atoms with Gasteiger partial charge in [0.05, 0.1) is 23.8 Å². The second-order valence-electron chi connectivity index (χ2n) is 7.31. The third-order valence-corrected chi connectivity index (χ3v) is 5.19. The summed E-state index contributed by atoms with van der Waals surface area (Å²) in [6, 6.07) is 13.8. The van der Waals surface area contributed by atoms with Gasteiger partial charge in [-0.25, -0.2) is 0 Å². The molecule has 29 heavy (non-hydrogen) atoms. The van der Waals surface area contributed by atoms with Crippen LogP contribution in [0.3, 0.4) is 0 Å². The van der Waals surface area contributed by atoms with Gasteiger partial charge in [-0.1, -0.05) is 37.6 Å². The molecule has 0 aromatic heterocycles. The molecule has 2 N–H and O–H groups in total. The van der Waals surface area contributed by atoms with Crippen molar-refractivity contribution in [1.29, 1.82) is 0 Å². The van der Waals surface area contributed by atoms with E-state index >= 15 is 0 Å². The predicted octanol–water partition coefficient (Wildman–Crippen LogP) is 3.57. The molecule has 0 unspecified atom stereocenters. The molecule has 6 nitrogen and oxygen atoms in total. The van der Waals surface area contributed by atoms with Crippen LogP contribution in [-0.4, -0.2) is 44.2 Å². The minimum Gasteiger partial charge on any atom is -0.378 e. The summed E-state index contributed by atoms with van der Waals surface area (Å²) in [5.41, 5.74) is 2.13. The Labute approximate surface area is 176 Å². The van der Waals surface area contributed by atoms with Crippen LogP contribution in [0.4, 0.5) is 11.4 Å². The van der Waals surface area contributed by atoms with Crippen LogP contribution in [0, 0.1) is 5.92 Å². The van der Waals surface area contributed by atoms with Crippen LogP contribution in [0.15, 0.2) is 48.5 Å². The number of anilines is 2. The molecular weight excluding hydrogens is 390 g/mol. The van der Waals surface area contributed by atoms with E-state index in [1.807, 2.05) is 38.1 Å². The summed E-state index contributed by atoms with van der Waals surface area (Å²) in [7, 11) is 0. The third kappa shape index (κ3) is 5.49. The summed E-state index contributed by atoms with van der Waals surface area (Å²) in [6.45, 7) is 6.93. The van der Waals surface area contributed by atoms with Gasteiger partial charge >= 0.3 is 0 Å². The number of halogens is 1. The fraction of sp³-hybridized carbons (Fsp3) is 0.364. The Kier molecular flexibility index (Phi) is 7.12. The van der Waals surface area contributed by atoms with Crippen LogP contribution in [-0.2, 0) is 9.53 Å². The highest BCUT2D eigenvalue weighted by Crippen LogP contribution is 2.20. The van der Waals surface area contributed by atoms with Gasteiger partial charge in [0.1, 0.15) is 6.04 Å². The first-order valence-corrected chi connectivity index (χ1v) is 10.1. The van der Waals surface area contributed by atoms with Crippen LogP contribution in [0.5, 0.6) is 0 Å². The summed E-state index contributed by atoms with van der Waals surface area (Å²) >= 11 is 6.10. The summed E-state index contributed by atoms with van der Waals surface area (Å²) in [5, 5.41) is 6.05. The van der Waals surface area contributed by atoms with Gasteiger partial charge in [-0.15, -0.1) is 0 Å². The summed E-state index contributed by atoms with van der Waals surface area (Å²) in [4.78, 5) is 27.6. The molecule has 3 rings (SSSR count). The molecule has 0 radical (unpaired) electrons. The Morgan fingerprint density at radius 1 is 1.03 bits per heavy atom. The minimum atomic E-state index is -0.683. The van der Waals surface area contributed by atoms with Crippen molar-refractivity contribution in [2.45, 2.75) is 19.9 Å². The smallest absolute Gasteiger partial charge is 0.253 e. The number of nitrogens with one attached hydrogen (secondary N) is 2. The van der Waals surface area contributed by atoms with Crippen molar-refractivity contribution in [2.24, 2.45) is 5.92 Å². The average molecular weight is 416 g/mol. The van der Waals surface area contributed by atoms with Gasteiger partial charge < -0.3 is 20.3 Å². The number of rotatable bonds is 6. The van der Waals surface area contributed by atoms with Crippen LogP contribution >= 0.6 is 11.6 Å². The Hall–Kier alpha value is -2.57. The maximum Gasteiger partial charge on any atom is 0.253 e. The SMILES string of the molecule is CC(C)[C@H](NC(=O)c1ccccc1Cl)C(=O)Nc1ccc(N2CCOCC2)cc1. The second kappa shape index (κ2) is 9.76. The highest BCUT2D eigenvalue weighted by molar-refractivity contribution is 6.33. The second-order valence-corrected chi connectivity index (χ2v) is 7.72. The number of hydrogen-bond donors (Lipinski definition) is 2. The topological polar surface area (TPSA) is 70.7 Å². The molecule has 1 aliphatic rings. The number of ether oxygens (including phenoxy) is 1. The van der Waals surface area contributed by atoms with E-state index in [-0.39, 0.29) is 17.7 Å². The lowest BCUT2D eigenvalue weighted by Crippen LogP contribution is -2.47. The van der Waals surface area contributed by atoms with Crippen LogP contribution in [0.2, 0.25) is 5.02 Å². The van der Waals surface area contributed by atoms with Gasteiger partial charge in [-0.05, 0) is 42.3 Å². The Bertz CT molecular complexity index is 849. The monoisotopic (exact) mass is 415 g/mol. The van der Waals surface area contributed by atoms with Crippen molar-refractivity contribution in [1.82, 2.24) is 5.32 Å². The number of carbonyl (C=O) groups is 2. The van der Waals surface area contributed by atoms with E-state index in [1.54, 1.807) is 24.3 Å². The molecule has 0 spiro atoms. The largest absolute Gasteiger partial charge is 0.378 e. The first kappa shape index (κ1) is 21.1. The molecule has 1 fully saturated rings. The molecule has 154 valence electrons. The fourth-order valence-electron chi connectivity index (χ4n) is 3.20. The van der Waals surface area contributed by atoms with E-state index < -0.39 is 6.04 Å². The molecule has 2 aromatic rings. The van der Waals surface area contributed by atoms with Gasteiger partial charge in [-0.2, -0.15) is 0 Å². The molecule has 0 saturated carbocycles. The number of hydrogen-bond acceptors (Lipinski definition) is 4. The molecule has 1 saturated heterocycles. The number of morpholine rings is 1. The summed E-state index contributed by atoms with van der Waals surface area (Å²) in [5.74, 6) is -0.722. The number of carbonyl (C=O) groups excluding carboxylic acids is 2. The molecule has 2 amide bonds. The first-order valence-electron chi connectivity index (χ1n) is 9.74. The highest BCUT2D eigenvalue weighted by Gasteiger charge is 2.25. The van der Waals surface area contributed by atoms with Gasteiger partial charge in [-0.3, -0.25) is 9.59 Å². The molecule has 0 aliphatic carbocycles. The van der Waals surface area contributed by atoms with E-state index in [0.29, 0.717) is 16.3 Å². The van der Waals surface area contributed by atoms with E-state index in [1.165, 1.54) is 0 Å². The normalized spacial score (nSPS) is 15.1. The predicted molar refractivity (Wildman–Crippen MR) is 116 cm³/mol. The van der Waals surface area contributed by atoms with E-state index in [2.05, 4.69) is 15.5 Å². The number of benzene rings is 2. The summed E-state index contributed by atoms with van der Waals surface area (Å²) < 4.78 is 5.38. The molecule has 7 heteroatoms. The fourth-order valence-corrected chi connectivity index (χ4v) is 3.42. The highest BCUT2D eigenvalue weighted by atomic mass is 35.5. The van der Waals surface area contributed by atoms with Gasteiger partial charge in [0.25, 0.3) is 5.91 Å². The lowest BCUT2D eigenvalue weighted by molar-refractivity contribution is -0.118. The summed E-state index contributed by atoms with van der Waals surface area (Å²) in [6.07, 6.45) is 0. The molecule has 0 bridgehead atoms. The van der Waals surface area contributed by atoms with Crippen molar-refractivity contribution in [2.75, 3.05) is 36.5 Å². The lowest BCUT2D eigenvalue weighted by Gasteiger charge is -2.29. The Morgan fingerprint density at radius 3 is 2.31 bits per heavy atom. The molecule has 2 aromatic carbocycles. The zero-order valence-electron chi connectivity index (χ0n) is 16.7. The molecule has 1 aliphatic heterocycles. The zero-order valence-corrected chi connectivity index (χ0v) is 17.4. The molecule has 1 atom stereocenters. The standard InChI is InChI=1S/C22H26ClN3O3/c1-15(2)20(25-21(27)18-5-3-4-6-19(18)23)22(28)24-16-7-9-17(10-8-16)26-11-13-29-14-12-26/h3-10,15,20H,11-14H2,1-2H3,(H,24,28)(H,25,27)/t20-/m0/s1. The van der Waals surface area contributed by atoms with E-state index in [0.717, 1.165) is 32.0 Å². The zero-order chi connectivity index (χ0) is 20.8. The average Bonchev–Trinajstić information content (AvgIpc) is 2.73. The Balaban J connectivity index is 1.65. The first-order chi connectivity index (χ1) is 14.0. The van der Waals surface area contributed by atoms with E-state index in [9.17, 15) is 9.59 Å². The van der Waals surface area contributed by atoms with Gasteiger partial charge in [0, 0.05) is 24.5 Å². The molecule has 1 heterocycles.